The van der Waals surface area contributed by atoms with Gasteiger partial charge >= 0.3 is 0 Å². The lowest BCUT2D eigenvalue weighted by Gasteiger charge is -2.33. The molecule has 2 aromatic carbocycles. The Labute approximate surface area is 188 Å². The minimum atomic E-state index is -0.517. The summed E-state index contributed by atoms with van der Waals surface area (Å²) in [5, 5.41) is 5.66. The summed E-state index contributed by atoms with van der Waals surface area (Å²) in [6.07, 6.45) is 4.88. The molecule has 0 bridgehead atoms. The van der Waals surface area contributed by atoms with Crippen molar-refractivity contribution in [1.82, 2.24) is 4.90 Å². The number of ether oxygens (including phenoxy) is 1. The predicted octanol–water partition coefficient (Wildman–Crippen LogP) is 4.07. The second-order valence-electron chi connectivity index (χ2n) is 8.53. The molecule has 3 atom stereocenters. The van der Waals surface area contributed by atoms with Crippen molar-refractivity contribution in [2.75, 3.05) is 17.7 Å². The number of carbonyl (C=O) groups excluding carboxylic acids is 3. The maximum atomic E-state index is 13.4. The van der Waals surface area contributed by atoms with E-state index >= 15 is 0 Å². The van der Waals surface area contributed by atoms with E-state index < -0.39 is 6.04 Å². The highest BCUT2D eigenvalue weighted by Gasteiger charge is 2.47. The van der Waals surface area contributed by atoms with Crippen LogP contribution in [0.15, 0.2) is 48.5 Å². The number of carbonyl (C=O) groups is 3. The summed E-state index contributed by atoms with van der Waals surface area (Å²) in [6.45, 7) is 1.42. The molecule has 0 radical (unpaired) electrons. The standard InChI is InChI=1S/C25H29N3O4/c1-16(29)26-20-13-12-19(15-23(20)32-2)27-24(30)22-14-18-10-6-7-11-21(18)28(22)25(31)17-8-4-3-5-9-17/h3-5,8-9,12-13,15,18,21-22H,6-7,10-11,14H2,1-2H3,(H,26,29)(H,27,30). The van der Waals surface area contributed by atoms with Crippen molar-refractivity contribution in [3.05, 3.63) is 54.1 Å². The maximum Gasteiger partial charge on any atom is 0.254 e. The van der Waals surface area contributed by atoms with E-state index in [1.807, 2.05) is 23.1 Å². The molecule has 0 spiro atoms. The first-order chi connectivity index (χ1) is 15.5. The van der Waals surface area contributed by atoms with Crippen LogP contribution in [0.4, 0.5) is 11.4 Å². The van der Waals surface area contributed by atoms with Crippen molar-refractivity contribution in [1.29, 1.82) is 0 Å². The summed E-state index contributed by atoms with van der Waals surface area (Å²) in [5.41, 5.74) is 1.70. The van der Waals surface area contributed by atoms with Gasteiger partial charge in [-0.05, 0) is 49.4 Å². The number of hydrogen-bond acceptors (Lipinski definition) is 4. The quantitative estimate of drug-likeness (QED) is 0.741. The first kappa shape index (κ1) is 21.9. The van der Waals surface area contributed by atoms with E-state index in [-0.39, 0.29) is 23.8 Å². The zero-order valence-electron chi connectivity index (χ0n) is 18.5. The van der Waals surface area contributed by atoms with Gasteiger partial charge in [0.1, 0.15) is 11.8 Å². The van der Waals surface area contributed by atoms with Gasteiger partial charge in [-0.3, -0.25) is 14.4 Å². The van der Waals surface area contributed by atoms with E-state index in [9.17, 15) is 14.4 Å². The number of benzene rings is 2. The normalized spacial score (nSPS) is 22.1. The minimum absolute atomic E-state index is 0.0845. The van der Waals surface area contributed by atoms with E-state index in [1.165, 1.54) is 14.0 Å². The second kappa shape index (κ2) is 9.42. The van der Waals surface area contributed by atoms with Gasteiger partial charge in [-0.25, -0.2) is 0 Å². The highest BCUT2D eigenvalue weighted by atomic mass is 16.5. The molecule has 1 aliphatic carbocycles. The maximum absolute atomic E-state index is 13.4. The van der Waals surface area contributed by atoms with Crippen LogP contribution in [-0.2, 0) is 9.59 Å². The van der Waals surface area contributed by atoms with Crippen molar-refractivity contribution in [3.63, 3.8) is 0 Å². The lowest BCUT2D eigenvalue weighted by atomic mass is 9.84. The number of nitrogens with zero attached hydrogens (tertiary/aromatic N) is 1. The molecule has 3 amide bonds. The Hall–Kier alpha value is -3.35. The van der Waals surface area contributed by atoms with Crippen LogP contribution in [0.1, 0.15) is 49.4 Å². The predicted molar refractivity (Wildman–Crippen MR) is 123 cm³/mol. The van der Waals surface area contributed by atoms with Crippen molar-refractivity contribution in [2.24, 2.45) is 5.92 Å². The van der Waals surface area contributed by atoms with Crippen LogP contribution < -0.4 is 15.4 Å². The third kappa shape index (κ3) is 4.47. The lowest BCUT2D eigenvalue weighted by Crippen LogP contribution is -2.47. The molecule has 1 aliphatic heterocycles. The van der Waals surface area contributed by atoms with Crippen LogP contribution in [0.5, 0.6) is 5.75 Å². The van der Waals surface area contributed by atoms with Gasteiger partial charge in [-0.2, -0.15) is 0 Å². The Balaban J connectivity index is 1.57. The summed E-state index contributed by atoms with van der Waals surface area (Å²) >= 11 is 0. The Morgan fingerprint density at radius 2 is 1.75 bits per heavy atom. The monoisotopic (exact) mass is 435 g/mol. The molecule has 3 unspecified atom stereocenters. The Morgan fingerprint density at radius 1 is 1.00 bits per heavy atom. The number of rotatable bonds is 5. The summed E-state index contributed by atoms with van der Waals surface area (Å²) in [6, 6.07) is 13.9. The van der Waals surface area contributed by atoms with Crippen molar-refractivity contribution in [3.8, 4) is 5.75 Å². The zero-order valence-corrected chi connectivity index (χ0v) is 18.5. The van der Waals surface area contributed by atoms with E-state index in [4.69, 9.17) is 4.74 Å². The molecule has 7 nitrogen and oxygen atoms in total. The SMILES string of the molecule is COc1cc(NC(=O)C2CC3CCCCC3N2C(=O)c2ccccc2)ccc1NC(C)=O. The summed E-state index contributed by atoms with van der Waals surface area (Å²) in [5.74, 6) is 0.319. The Morgan fingerprint density at radius 3 is 2.47 bits per heavy atom. The number of fused-ring (bicyclic) bond motifs is 1. The molecule has 1 saturated carbocycles. The molecule has 2 aliphatic rings. The molecule has 2 N–H and O–H groups in total. The van der Waals surface area contributed by atoms with Gasteiger partial charge in [0.15, 0.2) is 0 Å². The Kier molecular flexibility index (Phi) is 6.44. The third-order valence-electron chi connectivity index (χ3n) is 6.43. The number of amides is 3. The molecule has 2 fully saturated rings. The molecule has 168 valence electrons. The van der Waals surface area contributed by atoms with Crippen LogP contribution >= 0.6 is 0 Å². The molecule has 7 heteroatoms. The van der Waals surface area contributed by atoms with Gasteiger partial charge < -0.3 is 20.3 Å². The van der Waals surface area contributed by atoms with Crippen molar-refractivity contribution in [2.45, 2.75) is 51.1 Å². The summed E-state index contributed by atoms with van der Waals surface area (Å²) in [7, 11) is 1.51. The molecule has 0 aromatic heterocycles. The second-order valence-corrected chi connectivity index (χ2v) is 8.53. The van der Waals surface area contributed by atoms with E-state index in [1.54, 1.807) is 30.3 Å². The fraction of sp³-hybridized carbons (Fsp3) is 0.400. The largest absolute Gasteiger partial charge is 0.494 e. The van der Waals surface area contributed by atoms with Crippen LogP contribution in [0.2, 0.25) is 0 Å². The summed E-state index contributed by atoms with van der Waals surface area (Å²) < 4.78 is 5.36. The molecular weight excluding hydrogens is 406 g/mol. The van der Waals surface area contributed by atoms with Gasteiger partial charge in [0.05, 0.1) is 12.8 Å². The highest BCUT2D eigenvalue weighted by Crippen LogP contribution is 2.41. The van der Waals surface area contributed by atoms with Crippen LogP contribution in [0.25, 0.3) is 0 Å². The average molecular weight is 436 g/mol. The third-order valence-corrected chi connectivity index (χ3v) is 6.43. The molecular formula is C25H29N3O4. The average Bonchev–Trinajstić information content (AvgIpc) is 3.19. The molecule has 2 aromatic rings. The zero-order chi connectivity index (χ0) is 22.7. The summed E-state index contributed by atoms with van der Waals surface area (Å²) in [4.78, 5) is 40.0. The van der Waals surface area contributed by atoms with Gasteiger partial charge in [-0.1, -0.05) is 31.0 Å². The number of likely N-dealkylation sites (tertiary alicyclic amines) is 1. The van der Waals surface area contributed by atoms with Crippen molar-refractivity contribution >= 4 is 29.1 Å². The van der Waals surface area contributed by atoms with Gasteiger partial charge in [0.25, 0.3) is 5.91 Å². The van der Waals surface area contributed by atoms with Gasteiger partial charge in [0, 0.05) is 30.3 Å². The Bertz CT molecular complexity index is 1010. The fourth-order valence-electron chi connectivity index (χ4n) is 5.00. The minimum Gasteiger partial charge on any atom is -0.494 e. The lowest BCUT2D eigenvalue weighted by molar-refractivity contribution is -0.120. The van der Waals surface area contributed by atoms with Crippen LogP contribution in [0, 0.1) is 5.92 Å². The highest BCUT2D eigenvalue weighted by molar-refractivity contribution is 6.02. The molecule has 4 rings (SSSR count). The number of nitrogens with one attached hydrogen (secondary N) is 2. The fourth-order valence-corrected chi connectivity index (χ4v) is 5.00. The number of methoxy groups -OCH3 is 1. The van der Waals surface area contributed by atoms with E-state index in [2.05, 4.69) is 10.6 Å². The van der Waals surface area contributed by atoms with Crippen molar-refractivity contribution < 1.29 is 19.1 Å². The first-order valence-corrected chi connectivity index (χ1v) is 11.1. The topological polar surface area (TPSA) is 87.7 Å². The van der Waals surface area contributed by atoms with E-state index in [0.717, 1.165) is 25.7 Å². The van der Waals surface area contributed by atoms with Gasteiger partial charge in [-0.15, -0.1) is 0 Å². The smallest absolute Gasteiger partial charge is 0.254 e. The van der Waals surface area contributed by atoms with E-state index in [0.29, 0.717) is 35.0 Å². The van der Waals surface area contributed by atoms with Crippen LogP contribution in [-0.4, -0.2) is 41.8 Å². The molecule has 1 saturated heterocycles. The van der Waals surface area contributed by atoms with Crippen LogP contribution in [0.3, 0.4) is 0 Å². The molecule has 32 heavy (non-hydrogen) atoms. The number of anilines is 2. The van der Waals surface area contributed by atoms with Gasteiger partial charge in [0.2, 0.25) is 11.8 Å². The molecule has 1 heterocycles. The first-order valence-electron chi connectivity index (χ1n) is 11.1. The number of hydrogen-bond donors (Lipinski definition) is 2.